The first kappa shape index (κ1) is 15.9. The highest BCUT2D eigenvalue weighted by Crippen LogP contribution is 2.15. The van der Waals surface area contributed by atoms with E-state index in [1.807, 2.05) is 31.1 Å². The van der Waals surface area contributed by atoms with Crippen molar-refractivity contribution >= 4 is 27.6 Å². The van der Waals surface area contributed by atoms with Crippen LogP contribution in [0.5, 0.6) is 0 Å². The molecule has 1 aromatic carbocycles. The van der Waals surface area contributed by atoms with Gasteiger partial charge in [0.2, 0.25) is 0 Å². The smallest absolute Gasteiger partial charge is 0.319 e. The van der Waals surface area contributed by atoms with E-state index in [9.17, 15) is 9.90 Å². The van der Waals surface area contributed by atoms with Gasteiger partial charge in [-0.2, -0.15) is 0 Å². The summed E-state index contributed by atoms with van der Waals surface area (Å²) < 4.78 is 0.893. The quantitative estimate of drug-likeness (QED) is 0.772. The van der Waals surface area contributed by atoms with Crippen molar-refractivity contribution in [3.8, 4) is 0 Å². The number of urea groups is 1. The molecule has 19 heavy (non-hydrogen) atoms. The first-order chi connectivity index (χ1) is 8.78. The van der Waals surface area contributed by atoms with E-state index in [2.05, 4.69) is 26.6 Å². The Labute approximate surface area is 122 Å². The summed E-state index contributed by atoms with van der Waals surface area (Å²) in [5.74, 6) is 0. The first-order valence-corrected chi connectivity index (χ1v) is 6.75. The number of halogens is 1. The van der Waals surface area contributed by atoms with Gasteiger partial charge in [-0.25, -0.2) is 4.79 Å². The van der Waals surface area contributed by atoms with E-state index in [-0.39, 0.29) is 12.6 Å². The maximum atomic E-state index is 11.7. The largest absolute Gasteiger partial charge is 0.387 e. The molecule has 0 heterocycles. The SMILES string of the molecule is CN(C)CC(C)(O)CNC(=O)Nc1cccc(Br)c1. The van der Waals surface area contributed by atoms with Crippen LogP contribution in [-0.4, -0.2) is 48.8 Å². The lowest BCUT2D eigenvalue weighted by atomic mass is 10.1. The van der Waals surface area contributed by atoms with Crippen molar-refractivity contribution in [2.45, 2.75) is 12.5 Å². The molecule has 1 aromatic rings. The minimum Gasteiger partial charge on any atom is -0.387 e. The number of nitrogens with zero attached hydrogens (tertiary/aromatic N) is 1. The van der Waals surface area contributed by atoms with Crippen molar-refractivity contribution < 1.29 is 9.90 Å². The summed E-state index contributed by atoms with van der Waals surface area (Å²) in [5.41, 5.74) is -0.267. The summed E-state index contributed by atoms with van der Waals surface area (Å²) in [5, 5.41) is 15.4. The Balaban J connectivity index is 2.44. The number of anilines is 1. The van der Waals surface area contributed by atoms with E-state index in [0.717, 1.165) is 4.47 Å². The van der Waals surface area contributed by atoms with Crippen LogP contribution >= 0.6 is 15.9 Å². The predicted octanol–water partition coefficient (Wildman–Crippen LogP) is 1.88. The number of aliphatic hydroxyl groups is 1. The molecule has 2 amide bonds. The second-order valence-corrected chi connectivity index (χ2v) is 5.97. The predicted molar refractivity (Wildman–Crippen MR) is 80.3 cm³/mol. The number of hydrogen-bond acceptors (Lipinski definition) is 3. The Morgan fingerprint density at radius 1 is 1.47 bits per heavy atom. The molecule has 0 saturated heterocycles. The normalized spacial score (nSPS) is 14.0. The fourth-order valence-electron chi connectivity index (χ4n) is 1.75. The van der Waals surface area contributed by atoms with Crippen molar-refractivity contribution in [2.24, 2.45) is 0 Å². The van der Waals surface area contributed by atoms with Gasteiger partial charge in [-0.3, -0.25) is 0 Å². The average molecular weight is 330 g/mol. The summed E-state index contributed by atoms with van der Waals surface area (Å²) in [7, 11) is 3.74. The van der Waals surface area contributed by atoms with Crippen molar-refractivity contribution in [2.75, 3.05) is 32.5 Å². The Morgan fingerprint density at radius 3 is 2.74 bits per heavy atom. The fraction of sp³-hybridized carbons (Fsp3) is 0.462. The van der Waals surface area contributed by atoms with Crippen LogP contribution in [0.1, 0.15) is 6.92 Å². The van der Waals surface area contributed by atoms with Gasteiger partial charge in [0.25, 0.3) is 0 Å². The van der Waals surface area contributed by atoms with Gasteiger partial charge in [0.15, 0.2) is 0 Å². The first-order valence-electron chi connectivity index (χ1n) is 5.96. The molecule has 0 aromatic heterocycles. The lowest BCUT2D eigenvalue weighted by molar-refractivity contribution is 0.0364. The van der Waals surface area contributed by atoms with Gasteiger partial charge < -0.3 is 20.6 Å². The number of benzene rings is 1. The average Bonchev–Trinajstić information content (AvgIpc) is 2.25. The number of nitrogens with one attached hydrogen (secondary N) is 2. The molecule has 1 atom stereocenters. The summed E-state index contributed by atoms with van der Waals surface area (Å²) in [6.07, 6.45) is 0. The molecular formula is C13H20BrN3O2. The molecule has 0 aliphatic carbocycles. The number of carbonyl (C=O) groups excluding carboxylic acids is 1. The third kappa shape index (κ3) is 6.56. The standard InChI is InChI=1S/C13H20BrN3O2/c1-13(19,9-17(2)3)8-15-12(18)16-11-6-4-5-10(14)7-11/h4-7,19H,8-9H2,1-3H3,(H2,15,16,18). The van der Waals surface area contributed by atoms with E-state index < -0.39 is 5.60 Å². The van der Waals surface area contributed by atoms with Crippen molar-refractivity contribution in [1.82, 2.24) is 10.2 Å². The Morgan fingerprint density at radius 2 is 2.16 bits per heavy atom. The lowest BCUT2D eigenvalue weighted by Gasteiger charge is -2.27. The Kier molecular flexibility index (Phi) is 5.78. The molecule has 1 rings (SSSR count). The topological polar surface area (TPSA) is 64.6 Å². The van der Waals surface area contributed by atoms with Gasteiger partial charge in [-0.15, -0.1) is 0 Å². The molecule has 0 fully saturated rings. The van der Waals surface area contributed by atoms with Gasteiger partial charge in [0, 0.05) is 23.2 Å². The number of carbonyl (C=O) groups is 1. The third-order valence-electron chi connectivity index (χ3n) is 2.37. The van der Waals surface area contributed by atoms with Crippen LogP contribution in [0, 0.1) is 0 Å². The van der Waals surface area contributed by atoms with E-state index >= 15 is 0 Å². The number of rotatable bonds is 5. The molecule has 0 spiro atoms. The maximum Gasteiger partial charge on any atom is 0.319 e. The molecule has 5 nitrogen and oxygen atoms in total. The zero-order valence-corrected chi connectivity index (χ0v) is 13.0. The van der Waals surface area contributed by atoms with Crippen molar-refractivity contribution in [3.05, 3.63) is 28.7 Å². The minimum atomic E-state index is -0.960. The zero-order chi connectivity index (χ0) is 14.5. The summed E-state index contributed by atoms with van der Waals surface area (Å²) in [6, 6.07) is 6.98. The van der Waals surface area contributed by atoms with Gasteiger partial charge in [-0.1, -0.05) is 22.0 Å². The van der Waals surface area contributed by atoms with Crippen LogP contribution < -0.4 is 10.6 Å². The van der Waals surface area contributed by atoms with Crippen LogP contribution in [0.2, 0.25) is 0 Å². The van der Waals surface area contributed by atoms with E-state index in [4.69, 9.17) is 0 Å². The Hall–Kier alpha value is -1.11. The molecule has 0 bridgehead atoms. The van der Waals surface area contributed by atoms with E-state index in [0.29, 0.717) is 12.2 Å². The molecule has 0 saturated carbocycles. The minimum absolute atomic E-state index is 0.186. The Bertz CT molecular complexity index is 436. The number of amides is 2. The molecule has 0 radical (unpaired) electrons. The van der Waals surface area contributed by atoms with Crippen molar-refractivity contribution in [1.29, 1.82) is 0 Å². The zero-order valence-electron chi connectivity index (χ0n) is 11.4. The summed E-state index contributed by atoms with van der Waals surface area (Å²) in [4.78, 5) is 13.6. The van der Waals surface area contributed by atoms with Crippen LogP contribution in [0.25, 0.3) is 0 Å². The number of likely N-dealkylation sites (N-methyl/N-ethyl adjacent to an activating group) is 1. The number of hydrogen-bond donors (Lipinski definition) is 3. The van der Waals surface area contributed by atoms with Gasteiger partial charge in [0.1, 0.15) is 0 Å². The molecular weight excluding hydrogens is 310 g/mol. The van der Waals surface area contributed by atoms with Gasteiger partial charge in [0.05, 0.1) is 5.60 Å². The summed E-state index contributed by atoms with van der Waals surface area (Å²) in [6.45, 7) is 2.35. The van der Waals surface area contributed by atoms with Crippen LogP contribution in [0.4, 0.5) is 10.5 Å². The molecule has 3 N–H and O–H groups in total. The second kappa shape index (κ2) is 6.88. The highest BCUT2D eigenvalue weighted by Gasteiger charge is 2.21. The highest BCUT2D eigenvalue weighted by molar-refractivity contribution is 9.10. The summed E-state index contributed by atoms with van der Waals surface area (Å²) >= 11 is 3.33. The van der Waals surface area contributed by atoms with Crippen LogP contribution in [0.3, 0.4) is 0 Å². The molecule has 106 valence electrons. The van der Waals surface area contributed by atoms with Gasteiger partial charge in [-0.05, 0) is 39.2 Å². The van der Waals surface area contributed by atoms with E-state index in [1.54, 1.807) is 19.1 Å². The van der Waals surface area contributed by atoms with Crippen molar-refractivity contribution in [3.63, 3.8) is 0 Å². The van der Waals surface area contributed by atoms with E-state index in [1.165, 1.54) is 0 Å². The maximum absolute atomic E-state index is 11.7. The lowest BCUT2D eigenvalue weighted by Crippen LogP contribution is -2.48. The monoisotopic (exact) mass is 329 g/mol. The highest BCUT2D eigenvalue weighted by atomic mass is 79.9. The molecule has 1 unspecified atom stereocenters. The molecule has 6 heteroatoms. The third-order valence-corrected chi connectivity index (χ3v) is 2.86. The molecule has 0 aliphatic rings. The fourth-order valence-corrected chi connectivity index (χ4v) is 2.15. The van der Waals surface area contributed by atoms with Crippen LogP contribution in [0.15, 0.2) is 28.7 Å². The van der Waals surface area contributed by atoms with Gasteiger partial charge >= 0.3 is 6.03 Å². The van der Waals surface area contributed by atoms with Crippen LogP contribution in [-0.2, 0) is 0 Å². The second-order valence-electron chi connectivity index (χ2n) is 5.05. The molecule has 0 aliphatic heterocycles.